The molecule has 2 fully saturated rings. The van der Waals surface area contributed by atoms with Gasteiger partial charge < -0.3 is 5.32 Å². The van der Waals surface area contributed by atoms with Gasteiger partial charge in [0.25, 0.3) is 0 Å². The largest absolute Gasteiger partial charge is 0.310 e. The Morgan fingerprint density at radius 1 is 1.00 bits per heavy atom. The predicted molar refractivity (Wildman–Crippen MR) is 78.7 cm³/mol. The van der Waals surface area contributed by atoms with Crippen LogP contribution in [0.25, 0.3) is 0 Å². The molecule has 1 aliphatic heterocycles. The highest BCUT2D eigenvalue weighted by Gasteiger charge is 2.31. The zero-order chi connectivity index (χ0) is 12.3. The summed E-state index contributed by atoms with van der Waals surface area (Å²) in [7, 11) is 0. The normalized spacial score (nSPS) is 39.5. The number of hydrogen-bond acceptors (Lipinski definition) is 2. The second kappa shape index (κ2) is 6.47. The molecule has 0 spiro atoms. The van der Waals surface area contributed by atoms with Crippen LogP contribution in [0.15, 0.2) is 0 Å². The van der Waals surface area contributed by atoms with Gasteiger partial charge in [-0.05, 0) is 43.3 Å². The highest BCUT2D eigenvalue weighted by molar-refractivity contribution is 7.99. The second-order valence-corrected chi connectivity index (χ2v) is 7.78. The lowest BCUT2D eigenvalue weighted by Gasteiger charge is -2.40. The highest BCUT2D eigenvalue weighted by atomic mass is 32.2. The summed E-state index contributed by atoms with van der Waals surface area (Å²) in [4.78, 5) is 0. The Balaban J connectivity index is 1.90. The summed E-state index contributed by atoms with van der Waals surface area (Å²) in [5.41, 5.74) is 0. The Morgan fingerprint density at radius 3 is 2.41 bits per heavy atom. The average molecular weight is 255 g/mol. The molecule has 2 heteroatoms. The van der Waals surface area contributed by atoms with Crippen LogP contribution in [0.4, 0.5) is 0 Å². The van der Waals surface area contributed by atoms with E-state index in [0.717, 1.165) is 29.2 Å². The average Bonchev–Trinajstić information content (AvgIpc) is 2.32. The zero-order valence-electron chi connectivity index (χ0n) is 11.7. The van der Waals surface area contributed by atoms with E-state index in [0.29, 0.717) is 0 Å². The molecule has 1 saturated heterocycles. The number of thioether (sulfide) groups is 1. The van der Waals surface area contributed by atoms with Crippen LogP contribution >= 0.6 is 11.8 Å². The topological polar surface area (TPSA) is 12.0 Å². The van der Waals surface area contributed by atoms with E-state index in [1.54, 1.807) is 0 Å². The number of nitrogens with one attached hydrogen (secondary N) is 1. The van der Waals surface area contributed by atoms with Crippen LogP contribution in [-0.2, 0) is 0 Å². The first kappa shape index (κ1) is 13.7. The minimum Gasteiger partial charge on any atom is -0.310 e. The van der Waals surface area contributed by atoms with Crippen LogP contribution in [-0.4, -0.2) is 23.1 Å². The predicted octanol–water partition coefficient (Wildman–Crippen LogP) is 4.07. The molecule has 1 N–H and O–H groups in total. The lowest BCUT2D eigenvalue weighted by atomic mass is 9.77. The van der Waals surface area contributed by atoms with Gasteiger partial charge in [-0.2, -0.15) is 11.8 Å². The van der Waals surface area contributed by atoms with Crippen molar-refractivity contribution in [3.8, 4) is 0 Å². The van der Waals surface area contributed by atoms with Gasteiger partial charge in [0.1, 0.15) is 0 Å². The molecule has 1 heterocycles. The molecule has 4 atom stereocenters. The molecule has 0 aromatic heterocycles. The van der Waals surface area contributed by atoms with Crippen LogP contribution in [0.1, 0.15) is 59.3 Å². The maximum absolute atomic E-state index is 4.02. The molecule has 0 radical (unpaired) electrons. The Kier molecular flexibility index (Phi) is 5.23. The first-order valence-electron chi connectivity index (χ1n) is 7.56. The molecule has 17 heavy (non-hydrogen) atoms. The second-order valence-electron chi connectivity index (χ2n) is 6.29. The molecular formula is C15H29NS. The van der Waals surface area contributed by atoms with Crippen molar-refractivity contribution in [2.45, 2.75) is 76.6 Å². The Labute approximate surface area is 112 Å². The molecule has 4 unspecified atom stereocenters. The van der Waals surface area contributed by atoms with E-state index in [2.05, 4.69) is 37.8 Å². The van der Waals surface area contributed by atoms with Crippen LogP contribution in [0, 0.1) is 11.8 Å². The minimum absolute atomic E-state index is 0.776. The van der Waals surface area contributed by atoms with Crippen LogP contribution in [0.2, 0.25) is 0 Å². The van der Waals surface area contributed by atoms with Crippen LogP contribution < -0.4 is 5.32 Å². The van der Waals surface area contributed by atoms with Crippen molar-refractivity contribution in [3.05, 3.63) is 0 Å². The van der Waals surface area contributed by atoms with E-state index in [1.165, 1.54) is 44.3 Å². The summed E-state index contributed by atoms with van der Waals surface area (Å²) < 4.78 is 0. The van der Waals surface area contributed by atoms with Gasteiger partial charge in [-0.25, -0.2) is 0 Å². The molecule has 0 amide bonds. The van der Waals surface area contributed by atoms with Gasteiger partial charge in [0, 0.05) is 17.3 Å². The van der Waals surface area contributed by atoms with Gasteiger partial charge in [-0.15, -0.1) is 0 Å². The summed E-state index contributed by atoms with van der Waals surface area (Å²) >= 11 is 2.16. The van der Waals surface area contributed by atoms with Crippen molar-refractivity contribution in [3.63, 3.8) is 0 Å². The molecule has 0 bridgehead atoms. The Bertz CT molecular complexity index is 229. The molecule has 1 nitrogen and oxygen atoms in total. The van der Waals surface area contributed by atoms with Gasteiger partial charge in [-0.1, -0.05) is 33.6 Å². The molecule has 1 aliphatic carbocycles. The summed E-state index contributed by atoms with van der Waals surface area (Å²) in [6.07, 6.45) is 8.56. The van der Waals surface area contributed by atoms with Gasteiger partial charge >= 0.3 is 0 Å². The van der Waals surface area contributed by atoms with Crippen molar-refractivity contribution < 1.29 is 0 Å². The smallest absolute Gasteiger partial charge is 0.0186 e. The molecular weight excluding hydrogens is 226 g/mol. The fraction of sp³-hybridized carbons (Fsp3) is 1.00. The van der Waals surface area contributed by atoms with Crippen molar-refractivity contribution in [1.82, 2.24) is 5.32 Å². The molecule has 0 aromatic rings. The summed E-state index contributed by atoms with van der Waals surface area (Å²) in [5.74, 6) is 3.14. The highest BCUT2D eigenvalue weighted by Crippen LogP contribution is 2.32. The van der Waals surface area contributed by atoms with E-state index in [1.807, 2.05) is 0 Å². The molecule has 2 rings (SSSR count). The quantitative estimate of drug-likeness (QED) is 0.815. The van der Waals surface area contributed by atoms with Gasteiger partial charge in [0.15, 0.2) is 0 Å². The third-order valence-corrected chi connectivity index (χ3v) is 6.09. The van der Waals surface area contributed by atoms with Gasteiger partial charge in [-0.3, -0.25) is 0 Å². The summed E-state index contributed by atoms with van der Waals surface area (Å²) in [6, 6.07) is 1.58. The van der Waals surface area contributed by atoms with E-state index in [4.69, 9.17) is 0 Å². The van der Waals surface area contributed by atoms with E-state index in [9.17, 15) is 0 Å². The van der Waals surface area contributed by atoms with Crippen LogP contribution in [0.3, 0.4) is 0 Å². The van der Waals surface area contributed by atoms with E-state index in [-0.39, 0.29) is 0 Å². The zero-order valence-corrected chi connectivity index (χ0v) is 12.6. The molecule has 2 aliphatic rings. The SMILES string of the molecule is CC(C)C1CCCCC1NC1CCCSC1C. The van der Waals surface area contributed by atoms with Crippen molar-refractivity contribution in [2.24, 2.45) is 11.8 Å². The molecule has 1 saturated carbocycles. The fourth-order valence-electron chi connectivity index (χ4n) is 3.58. The maximum atomic E-state index is 4.02. The maximum Gasteiger partial charge on any atom is 0.0186 e. The van der Waals surface area contributed by atoms with Crippen LogP contribution in [0.5, 0.6) is 0 Å². The Morgan fingerprint density at radius 2 is 1.71 bits per heavy atom. The number of rotatable bonds is 3. The molecule has 0 aromatic carbocycles. The first-order chi connectivity index (χ1) is 8.18. The molecule has 100 valence electrons. The standard InChI is InChI=1S/C15H29NS/c1-11(2)13-7-4-5-8-15(13)16-14-9-6-10-17-12(14)3/h11-16H,4-10H2,1-3H3. The van der Waals surface area contributed by atoms with Gasteiger partial charge in [0.05, 0.1) is 0 Å². The van der Waals surface area contributed by atoms with Crippen molar-refractivity contribution in [1.29, 1.82) is 0 Å². The van der Waals surface area contributed by atoms with Crippen molar-refractivity contribution in [2.75, 3.05) is 5.75 Å². The fourth-order valence-corrected chi connectivity index (χ4v) is 4.73. The lowest BCUT2D eigenvalue weighted by Crippen LogP contribution is -2.50. The third-order valence-electron chi connectivity index (χ3n) is 4.71. The summed E-state index contributed by atoms with van der Waals surface area (Å²) in [5, 5.41) is 4.84. The summed E-state index contributed by atoms with van der Waals surface area (Å²) in [6.45, 7) is 7.22. The monoisotopic (exact) mass is 255 g/mol. The minimum atomic E-state index is 0.776. The Hall–Kier alpha value is 0.310. The van der Waals surface area contributed by atoms with E-state index < -0.39 is 0 Å². The third kappa shape index (κ3) is 3.64. The number of hydrogen-bond donors (Lipinski definition) is 1. The van der Waals surface area contributed by atoms with Gasteiger partial charge in [0.2, 0.25) is 0 Å². The first-order valence-corrected chi connectivity index (χ1v) is 8.61. The van der Waals surface area contributed by atoms with Crippen molar-refractivity contribution >= 4 is 11.8 Å². The van der Waals surface area contributed by atoms with E-state index >= 15 is 0 Å². The lowest BCUT2D eigenvalue weighted by molar-refractivity contribution is 0.188.